The molecule has 0 aliphatic rings. The van der Waals surface area contributed by atoms with E-state index in [-0.39, 0.29) is 22.8 Å². The van der Waals surface area contributed by atoms with E-state index in [1.54, 1.807) is 0 Å². The minimum Gasteiger partial charge on any atom is -0.377 e. The molecule has 0 aromatic carbocycles. The molecule has 0 atom stereocenters. The van der Waals surface area contributed by atoms with Crippen molar-refractivity contribution in [1.82, 2.24) is 10.6 Å². The summed E-state index contributed by atoms with van der Waals surface area (Å²) < 4.78 is 5.42. The van der Waals surface area contributed by atoms with Crippen LogP contribution in [0.3, 0.4) is 0 Å². The zero-order valence-corrected chi connectivity index (χ0v) is 15.7. The Morgan fingerprint density at radius 1 is 1.14 bits per heavy atom. The van der Waals surface area contributed by atoms with Gasteiger partial charge in [-0.3, -0.25) is 4.79 Å². The summed E-state index contributed by atoms with van der Waals surface area (Å²) in [7, 11) is 1.94. The van der Waals surface area contributed by atoms with Gasteiger partial charge in [-0.1, -0.05) is 41.5 Å². The normalized spacial score (nSPS) is 11.9. The standard InChI is InChI=1S/C15H32N2O2.C2H6/c1-12(2)19-9-8-17-13(18)15(5,6)10-14(3,4)11-16-7;1-2/h12,16H,8-11H2,1-7H3,(H,17,18);1-2H3. The molecule has 128 valence electrons. The van der Waals surface area contributed by atoms with Gasteiger partial charge in [0, 0.05) is 12.0 Å². The first-order chi connectivity index (χ1) is 9.60. The van der Waals surface area contributed by atoms with Gasteiger partial charge in [-0.05, 0) is 39.3 Å². The molecule has 0 aliphatic heterocycles. The summed E-state index contributed by atoms with van der Waals surface area (Å²) in [6.07, 6.45) is 1.05. The van der Waals surface area contributed by atoms with E-state index in [0.29, 0.717) is 13.2 Å². The average Bonchev–Trinajstić information content (AvgIpc) is 2.35. The molecule has 2 N–H and O–H groups in total. The molecule has 0 saturated carbocycles. The molecule has 0 fully saturated rings. The third-order valence-corrected chi connectivity index (χ3v) is 3.03. The van der Waals surface area contributed by atoms with Crippen LogP contribution in [0, 0.1) is 10.8 Å². The van der Waals surface area contributed by atoms with Gasteiger partial charge in [-0.2, -0.15) is 0 Å². The quantitative estimate of drug-likeness (QED) is 0.643. The smallest absolute Gasteiger partial charge is 0.225 e. The highest BCUT2D eigenvalue weighted by atomic mass is 16.5. The molecule has 0 unspecified atom stereocenters. The van der Waals surface area contributed by atoms with E-state index in [2.05, 4.69) is 24.5 Å². The highest BCUT2D eigenvalue weighted by Crippen LogP contribution is 2.33. The van der Waals surface area contributed by atoms with E-state index >= 15 is 0 Å². The minimum absolute atomic E-state index is 0.101. The van der Waals surface area contributed by atoms with Gasteiger partial charge in [0.15, 0.2) is 0 Å². The first-order valence-corrected chi connectivity index (χ1v) is 8.15. The molecule has 21 heavy (non-hydrogen) atoms. The molecule has 0 spiro atoms. The molecular formula is C17H38N2O2. The number of hydrogen-bond donors (Lipinski definition) is 2. The highest BCUT2D eigenvalue weighted by Gasteiger charge is 2.34. The Morgan fingerprint density at radius 2 is 1.67 bits per heavy atom. The molecule has 0 heterocycles. The summed E-state index contributed by atoms with van der Waals surface area (Å²) in [4.78, 5) is 12.2. The van der Waals surface area contributed by atoms with Crippen LogP contribution < -0.4 is 10.6 Å². The number of hydrogen-bond acceptors (Lipinski definition) is 3. The zero-order chi connectivity index (χ0) is 17.1. The summed E-state index contributed by atoms with van der Waals surface area (Å²) >= 11 is 0. The van der Waals surface area contributed by atoms with Crippen LogP contribution in [0.15, 0.2) is 0 Å². The third kappa shape index (κ3) is 11.7. The van der Waals surface area contributed by atoms with Crippen LogP contribution >= 0.6 is 0 Å². The van der Waals surface area contributed by atoms with E-state index in [4.69, 9.17) is 4.74 Å². The third-order valence-electron chi connectivity index (χ3n) is 3.03. The maximum atomic E-state index is 12.2. The van der Waals surface area contributed by atoms with Crippen molar-refractivity contribution in [3.8, 4) is 0 Å². The van der Waals surface area contributed by atoms with E-state index < -0.39 is 0 Å². The van der Waals surface area contributed by atoms with Gasteiger partial charge in [-0.15, -0.1) is 0 Å². The Kier molecular flexibility index (Phi) is 11.9. The second-order valence-electron chi connectivity index (χ2n) is 6.93. The molecule has 0 aliphatic carbocycles. The van der Waals surface area contributed by atoms with Gasteiger partial charge < -0.3 is 15.4 Å². The fraction of sp³-hybridized carbons (Fsp3) is 0.941. The SMILES string of the molecule is CC.CNCC(C)(C)CC(C)(C)C(=O)NCCOC(C)C. The maximum Gasteiger partial charge on any atom is 0.225 e. The molecule has 1 amide bonds. The summed E-state index contributed by atoms with van der Waals surface area (Å²) in [6, 6.07) is 0. The van der Waals surface area contributed by atoms with Gasteiger partial charge in [-0.25, -0.2) is 0 Å². The number of carbonyl (C=O) groups excluding carboxylic acids is 1. The lowest BCUT2D eigenvalue weighted by molar-refractivity contribution is -0.131. The van der Waals surface area contributed by atoms with E-state index in [1.807, 2.05) is 48.6 Å². The summed E-state index contributed by atoms with van der Waals surface area (Å²) in [5, 5.41) is 6.14. The van der Waals surface area contributed by atoms with Crippen LogP contribution in [0.25, 0.3) is 0 Å². The van der Waals surface area contributed by atoms with Crippen molar-refractivity contribution in [3.05, 3.63) is 0 Å². The summed E-state index contributed by atoms with van der Waals surface area (Å²) in [6.45, 7) is 18.4. The Balaban J connectivity index is 0. The molecular weight excluding hydrogens is 264 g/mol. The highest BCUT2D eigenvalue weighted by molar-refractivity contribution is 5.81. The number of amides is 1. The Labute approximate surface area is 132 Å². The summed E-state index contributed by atoms with van der Waals surface area (Å²) in [5.74, 6) is 0.101. The maximum absolute atomic E-state index is 12.2. The lowest BCUT2D eigenvalue weighted by Crippen LogP contribution is -2.42. The van der Waals surface area contributed by atoms with Crippen molar-refractivity contribution in [1.29, 1.82) is 0 Å². The zero-order valence-electron chi connectivity index (χ0n) is 15.7. The van der Waals surface area contributed by atoms with E-state index in [0.717, 1.165) is 13.0 Å². The molecule has 0 bridgehead atoms. The van der Waals surface area contributed by atoms with Gasteiger partial charge in [0.05, 0.1) is 12.7 Å². The lowest BCUT2D eigenvalue weighted by Gasteiger charge is -2.34. The molecule has 0 saturated heterocycles. The van der Waals surface area contributed by atoms with Crippen LogP contribution in [-0.4, -0.2) is 38.8 Å². The predicted octanol–water partition coefficient (Wildman–Crippen LogP) is 3.22. The number of nitrogens with one attached hydrogen (secondary N) is 2. The van der Waals surface area contributed by atoms with Gasteiger partial charge in [0.2, 0.25) is 5.91 Å². The first-order valence-electron chi connectivity index (χ1n) is 8.15. The van der Waals surface area contributed by atoms with Crippen molar-refractivity contribution in [2.24, 2.45) is 10.8 Å². The molecule has 0 rings (SSSR count). The number of rotatable bonds is 9. The first kappa shape index (κ1) is 22.7. The van der Waals surface area contributed by atoms with E-state index in [1.165, 1.54) is 0 Å². The van der Waals surface area contributed by atoms with Crippen LogP contribution in [0.5, 0.6) is 0 Å². The largest absolute Gasteiger partial charge is 0.377 e. The van der Waals surface area contributed by atoms with Gasteiger partial charge in [0.1, 0.15) is 0 Å². The Bertz CT molecular complexity index is 274. The fourth-order valence-corrected chi connectivity index (χ4v) is 2.52. The Hall–Kier alpha value is -0.610. The van der Waals surface area contributed by atoms with Crippen LogP contribution in [0.1, 0.15) is 61.8 Å². The topological polar surface area (TPSA) is 50.4 Å². The van der Waals surface area contributed by atoms with Crippen molar-refractivity contribution in [3.63, 3.8) is 0 Å². The molecule has 0 aromatic rings. The van der Waals surface area contributed by atoms with Gasteiger partial charge in [0.25, 0.3) is 0 Å². The molecule has 4 heteroatoms. The number of carbonyl (C=O) groups is 1. The van der Waals surface area contributed by atoms with E-state index in [9.17, 15) is 4.79 Å². The Morgan fingerprint density at radius 3 is 2.10 bits per heavy atom. The van der Waals surface area contributed by atoms with Crippen molar-refractivity contribution < 1.29 is 9.53 Å². The summed E-state index contributed by atoms with van der Waals surface area (Å²) in [5.41, 5.74) is -0.262. The van der Waals surface area contributed by atoms with Crippen molar-refractivity contribution >= 4 is 5.91 Å². The second-order valence-corrected chi connectivity index (χ2v) is 6.93. The molecule has 4 nitrogen and oxygen atoms in total. The molecule has 0 aromatic heterocycles. The van der Waals surface area contributed by atoms with Crippen molar-refractivity contribution in [2.75, 3.05) is 26.7 Å². The van der Waals surface area contributed by atoms with Crippen LogP contribution in [0.4, 0.5) is 0 Å². The van der Waals surface area contributed by atoms with Gasteiger partial charge >= 0.3 is 0 Å². The van der Waals surface area contributed by atoms with Crippen LogP contribution in [-0.2, 0) is 9.53 Å². The van der Waals surface area contributed by atoms with Crippen LogP contribution in [0.2, 0.25) is 0 Å². The lowest BCUT2D eigenvalue weighted by atomic mass is 9.74. The van der Waals surface area contributed by atoms with Crippen molar-refractivity contribution in [2.45, 2.75) is 67.9 Å². The monoisotopic (exact) mass is 302 g/mol. The fourth-order valence-electron chi connectivity index (χ4n) is 2.52. The average molecular weight is 303 g/mol. The number of ether oxygens (including phenoxy) is 1. The predicted molar refractivity (Wildman–Crippen MR) is 91.6 cm³/mol. The minimum atomic E-state index is -0.363. The second kappa shape index (κ2) is 11.0. The molecule has 0 radical (unpaired) electrons.